The van der Waals surface area contributed by atoms with Crippen molar-refractivity contribution >= 4 is 23.3 Å². The third-order valence-electron chi connectivity index (χ3n) is 3.97. The highest BCUT2D eigenvalue weighted by Gasteiger charge is 2.13. The molecule has 0 aliphatic heterocycles. The van der Waals surface area contributed by atoms with Crippen LogP contribution >= 0.6 is 11.6 Å². The van der Waals surface area contributed by atoms with E-state index in [0.717, 1.165) is 18.9 Å². The molecule has 1 fully saturated rings. The Morgan fingerprint density at radius 3 is 2.76 bits per heavy atom. The standard InChI is InChI=1S/C16H23ClN2O2/c1-21-15-8-7-13(11-14(15)17)19-16(20)18-10-9-12-5-3-2-4-6-12/h7-8,11-12H,2-6,9-10H2,1H3,(H2,18,19,20). The van der Waals surface area contributed by atoms with Gasteiger partial charge in [0.15, 0.2) is 0 Å². The van der Waals surface area contributed by atoms with Crippen LogP contribution in [0.1, 0.15) is 38.5 Å². The second-order valence-corrected chi connectivity index (χ2v) is 5.93. The second-order valence-electron chi connectivity index (χ2n) is 5.52. The van der Waals surface area contributed by atoms with Crippen LogP contribution in [0.4, 0.5) is 10.5 Å². The molecule has 1 aliphatic rings. The van der Waals surface area contributed by atoms with Crippen LogP contribution in [-0.2, 0) is 0 Å². The quantitative estimate of drug-likeness (QED) is 0.844. The fourth-order valence-corrected chi connectivity index (χ4v) is 3.04. The molecule has 0 aromatic heterocycles. The van der Waals surface area contributed by atoms with E-state index >= 15 is 0 Å². The van der Waals surface area contributed by atoms with Crippen LogP contribution in [0.3, 0.4) is 0 Å². The fraction of sp³-hybridized carbons (Fsp3) is 0.562. The Kier molecular flexibility index (Phi) is 6.18. The number of halogens is 1. The van der Waals surface area contributed by atoms with E-state index in [0.29, 0.717) is 16.5 Å². The van der Waals surface area contributed by atoms with Crippen molar-refractivity contribution < 1.29 is 9.53 Å². The molecular weight excluding hydrogens is 288 g/mol. The predicted molar refractivity (Wildman–Crippen MR) is 86.2 cm³/mol. The summed E-state index contributed by atoms with van der Waals surface area (Å²) in [7, 11) is 1.56. The fourth-order valence-electron chi connectivity index (χ4n) is 2.79. The molecule has 21 heavy (non-hydrogen) atoms. The number of methoxy groups -OCH3 is 1. The maximum Gasteiger partial charge on any atom is 0.319 e. The van der Waals surface area contributed by atoms with Crippen LogP contribution in [0.25, 0.3) is 0 Å². The van der Waals surface area contributed by atoms with Crippen molar-refractivity contribution in [3.63, 3.8) is 0 Å². The summed E-state index contributed by atoms with van der Waals surface area (Å²) < 4.78 is 5.08. The summed E-state index contributed by atoms with van der Waals surface area (Å²) in [5, 5.41) is 6.17. The molecule has 1 aromatic rings. The highest BCUT2D eigenvalue weighted by Crippen LogP contribution is 2.27. The van der Waals surface area contributed by atoms with E-state index in [2.05, 4.69) is 10.6 Å². The van der Waals surface area contributed by atoms with Gasteiger partial charge in [-0.25, -0.2) is 4.79 Å². The number of carbonyl (C=O) groups excluding carboxylic acids is 1. The minimum Gasteiger partial charge on any atom is -0.495 e. The summed E-state index contributed by atoms with van der Waals surface area (Å²) in [6, 6.07) is 5.00. The number of nitrogens with one attached hydrogen (secondary N) is 2. The number of benzene rings is 1. The first-order chi connectivity index (χ1) is 10.2. The van der Waals surface area contributed by atoms with E-state index in [1.54, 1.807) is 25.3 Å². The smallest absolute Gasteiger partial charge is 0.319 e. The highest BCUT2D eigenvalue weighted by atomic mass is 35.5. The Morgan fingerprint density at radius 1 is 1.33 bits per heavy atom. The SMILES string of the molecule is COc1ccc(NC(=O)NCCC2CCCCC2)cc1Cl. The van der Waals surface area contributed by atoms with Crippen LogP contribution in [-0.4, -0.2) is 19.7 Å². The molecule has 2 rings (SSSR count). The molecule has 0 bridgehead atoms. The van der Waals surface area contributed by atoms with Gasteiger partial charge in [0.2, 0.25) is 0 Å². The maximum absolute atomic E-state index is 11.8. The van der Waals surface area contributed by atoms with Crippen molar-refractivity contribution in [2.75, 3.05) is 19.0 Å². The lowest BCUT2D eigenvalue weighted by molar-refractivity contribution is 0.250. The number of carbonyl (C=O) groups is 1. The van der Waals surface area contributed by atoms with E-state index in [-0.39, 0.29) is 6.03 Å². The Balaban J connectivity index is 1.72. The third kappa shape index (κ3) is 5.12. The molecule has 2 N–H and O–H groups in total. The van der Waals surface area contributed by atoms with E-state index in [1.165, 1.54) is 32.1 Å². The molecule has 1 aliphatic carbocycles. The predicted octanol–water partition coefficient (Wildman–Crippen LogP) is 4.44. The third-order valence-corrected chi connectivity index (χ3v) is 4.27. The molecule has 0 unspecified atom stereocenters. The average Bonchev–Trinajstić information content (AvgIpc) is 2.48. The van der Waals surface area contributed by atoms with Crippen molar-refractivity contribution in [3.05, 3.63) is 23.2 Å². The van der Waals surface area contributed by atoms with Gasteiger partial charge in [-0.1, -0.05) is 43.7 Å². The van der Waals surface area contributed by atoms with Gasteiger partial charge in [0.25, 0.3) is 0 Å². The Labute approximate surface area is 131 Å². The number of urea groups is 1. The molecule has 2 amide bonds. The molecule has 0 atom stereocenters. The number of hydrogen-bond acceptors (Lipinski definition) is 2. The zero-order valence-corrected chi connectivity index (χ0v) is 13.2. The summed E-state index contributed by atoms with van der Waals surface area (Å²) in [4.78, 5) is 11.8. The monoisotopic (exact) mass is 310 g/mol. The van der Waals surface area contributed by atoms with Crippen LogP contribution in [0, 0.1) is 5.92 Å². The lowest BCUT2D eigenvalue weighted by Gasteiger charge is -2.21. The van der Waals surface area contributed by atoms with Gasteiger partial charge in [-0.05, 0) is 30.5 Å². The van der Waals surface area contributed by atoms with Gasteiger partial charge < -0.3 is 15.4 Å². The molecule has 1 saturated carbocycles. The van der Waals surface area contributed by atoms with Crippen LogP contribution in [0.2, 0.25) is 5.02 Å². The van der Waals surface area contributed by atoms with Crippen molar-refractivity contribution in [1.29, 1.82) is 0 Å². The van der Waals surface area contributed by atoms with Gasteiger partial charge in [0.1, 0.15) is 5.75 Å². The Morgan fingerprint density at radius 2 is 2.10 bits per heavy atom. The summed E-state index contributed by atoms with van der Waals surface area (Å²) in [6.07, 6.45) is 7.70. The molecule has 5 heteroatoms. The summed E-state index contributed by atoms with van der Waals surface area (Å²) in [6.45, 7) is 0.723. The molecule has 0 radical (unpaired) electrons. The summed E-state index contributed by atoms with van der Waals surface area (Å²) in [5.41, 5.74) is 0.663. The van der Waals surface area contributed by atoms with E-state index in [4.69, 9.17) is 16.3 Å². The molecule has 0 saturated heterocycles. The van der Waals surface area contributed by atoms with Crippen molar-refractivity contribution in [2.45, 2.75) is 38.5 Å². The van der Waals surface area contributed by atoms with E-state index < -0.39 is 0 Å². The topological polar surface area (TPSA) is 50.4 Å². The number of rotatable bonds is 5. The van der Waals surface area contributed by atoms with Gasteiger partial charge in [0, 0.05) is 12.2 Å². The lowest BCUT2D eigenvalue weighted by Crippen LogP contribution is -2.30. The maximum atomic E-state index is 11.8. The number of anilines is 1. The average molecular weight is 311 g/mol. The summed E-state index contributed by atoms with van der Waals surface area (Å²) >= 11 is 6.02. The van der Waals surface area contributed by atoms with Crippen molar-refractivity contribution in [3.8, 4) is 5.75 Å². The van der Waals surface area contributed by atoms with Crippen LogP contribution in [0.15, 0.2) is 18.2 Å². The number of amides is 2. The van der Waals surface area contributed by atoms with Gasteiger partial charge in [-0.2, -0.15) is 0 Å². The highest BCUT2D eigenvalue weighted by molar-refractivity contribution is 6.32. The molecule has 116 valence electrons. The number of hydrogen-bond donors (Lipinski definition) is 2. The van der Waals surface area contributed by atoms with E-state index in [9.17, 15) is 4.79 Å². The first kappa shape index (κ1) is 16.0. The molecular formula is C16H23ClN2O2. The zero-order valence-electron chi connectivity index (χ0n) is 12.5. The minimum absolute atomic E-state index is 0.188. The minimum atomic E-state index is -0.188. The first-order valence-corrected chi connectivity index (χ1v) is 7.95. The first-order valence-electron chi connectivity index (χ1n) is 7.57. The normalized spacial score (nSPS) is 15.5. The van der Waals surface area contributed by atoms with Gasteiger partial charge in [-0.3, -0.25) is 0 Å². The van der Waals surface area contributed by atoms with Gasteiger partial charge >= 0.3 is 6.03 Å². The molecule has 0 spiro atoms. The van der Waals surface area contributed by atoms with E-state index in [1.807, 2.05) is 0 Å². The van der Waals surface area contributed by atoms with Crippen LogP contribution in [0.5, 0.6) is 5.75 Å². The lowest BCUT2D eigenvalue weighted by atomic mass is 9.87. The van der Waals surface area contributed by atoms with Gasteiger partial charge in [-0.15, -0.1) is 0 Å². The Hall–Kier alpha value is -1.42. The van der Waals surface area contributed by atoms with Crippen molar-refractivity contribution in [1.82, 2.24) is 5.32 Å². The molecule has 0 heterocycles. The Bertz CT molecular complexity index is 473. The van der Waals surface area contributed by atoms with Crippen molar-refractivity contribution in [2.24, 2.45) is 5.92 Å². The zero-order chi connectivity index (χ0) is 15.1. The largest absolute Gasteiger partial charge is 0.495 e. The summed E-state index contributed by atoms with van der Waals surface area (Å²) in [5.74, 6) is 1.37. The molecule has 1 aromatic carbocycles. The van der Waals surface area contributed by atoms with Crippen LogP contribution < -0.4 is 15.4 Å². The second kappa shape index (κ2) is 8.13. The number of ether oxygens (including phenoxy) is 1. The van der Waals surface area contributed by atoms with Gasteiger partial charge in [0.05, 0.1) is 12.1 Å². The molecule has 4 nitrogen and oxygen atoms in total.